The molecule has 29 heavy (non-hydrogen) atoms. The molecule has 1 heterocycles. The zero-order valence-corrected chi connectivity index (χ0v) is 17.0. The molecule has 0 radical (unpaired) electrons. The summed E-state index contributed by atoms with van der Waals surface area (Å²) >= 11 is 0. The number of piperidine rings is 1. The van der Waals surface area contributed by atoms with Crippen LogP contribution in [0.3, 0.4) is 0 Å². The average Bonchev–Trinajstić information content (AvgIpc) is 3.58. The van der Waals surface area contributed by atoms with E-state index in [4.69, 9.17) is 0 Å². The Morgan fingerprint density at radius 1 is 1.03 bits per heavy atom. The number of methoxy groups -OCH3 is 1. The lowest BCUT2D eigenvalue weighted by Gasteiger charge is -2.31. The fourth-order valence-electron chi connectivity index (χ4n) is 3.26. The van der Waals surface area contributed by atoms with E-state index in [9.17, 15) is 22.8 Å². The van der Waals surface area contributed by atoms with Crippen molar-refractivity contribution < 1.29 is 27.5 Å². The average molecular weight is 423 g/mol. The molecule has 2 fully saturated rings. The van der Waals surface area contributed by atoms with E-state index < -0.39 is 27.8 Å². The van der Waals surface area contributed by atoms with Crippen LogP contribution in [0.15, 0.2) is 24.3 Å². The largest absolute Gasteiger partial charge is 0.465 e. The molecule has 9 nitrogen and oxygen atoms in total. The van der Waals surface area contributed by atoms with Crippen molar-refractivity contribution in [2.75, 3.05) is 32.1 Å². The van der Waals surface area contributed by atoms with Gasteiger partial charge in [0.2, 0.25) is 10.0 Å². The third kappa shape index (κ3) is 5.33. The number of hydrogen-bond acceptors (Lipinski definition) is 6. The first-order chi connectivity index (χ1) is 13.8. The van der Waals surface area contributed by atoms with Crippen LogP contribution in [0.4, 0.5) is 5.69 Å². The van der Waals surface area contributed by atoms with Gasteiger partial charge in [0, 0.05) is 25.3 Å². The van der Waals surface area contributed by atoms with Crippen LogP contribution in [0.1, 0.15) is 36.0 Å². The molecule has 1 saturated carbocycles. The number of ether oxygens (including phenoxy) is 1. The van der Waals surface area contributed by atoms with Crippen molar-refractivity contribution in [1.82, 2.24) is 9.62 Å². The lowest BCUT2D eigenvalue weighted by molar-refractivity contribution is -0.136. The molecule has 1 aliphatic heterocycles. The molecule has 10 heteroatoms. The highest BCUT2D eigenvalue weighted by atomic mass is 32.2. The Balaban J connectivity index is 1.41. The van der Waals surface area contributed by atoms with Crippen molar-refractivity contribution in [1.29, 1.82) is 0 Å². The van der Waals surface area contributed by atoms with Gasteiger partial charge in [-0.1, -0.05) is 0 Å². The highest BCUT2D eigenvalue weighted by molar-refractivity contribution is 7.90. The molecule has 0 atom stereocenters. The first kappa shape index (κ1) is 21.3. The van der Waals surface area contributed by atoms with Gasteiger partial charge in [-0.2, -0.15) is 0 Å². The van der Waals surface area contributed by atoms with Crippen LogP contribution in [-0.4, -0.2) is 62.5 Å². The standard InChI is InChI=1S/C19H25N3O6S/c1-28-19(25)14-2-4-15(5-3-14)21-18(24)17(23)20-12-13-8-10-22(11-9-13)29(26,27)16-6-7-16/h2-5,13,16H,6-12H2,1H3,(H,20,23)(H,21,24). The Morgan fingerprint density at radius 3 is 2.21 bits per heavy atom. The second-order valence-corrected chi connectivity index (χ2v) is 9.53. The summed E-state index contributed by atoms with van der Waals surface area (Å²) in [5.74, 6) is -1.91. The molecule has 0 spiro atoms. The maximum absolute atomic E-state index is 12.2. The van der Waals surface area contributed by atoms with Gasteiger partial charge in [-0.15, -0.1) is 0 Å². The molecule has 1 aromatic carbocycles. The van der Waals surface area contributed by atoms with Crippen LogP contribution in [-0.2, 0) is 24.3 Å². The molecule has 1 saturated heterocycles. The summed E-state index contributed by atoms with van der Waals surface area (Å²) in [6, 6.07) is 5.99. The number of sulfonamides is 1. The summed E-state index contributed by atoms with van der Waals surface area (Å²) in [7, 11) is -1.87. The zero-order valence-electron chi connectivity index (χ0n) is 16.2. The molecule has 3 rings (SSSR count). The van der Waals surface area contributed by atoms with Gasteiger partial charge >= 0.3 is 17.8 Å². The molecule has 2 aliphatic rings. The van der Waals surface area contributed by atoms with Gasteiger partial charge < -0.3 is 15.4 Å². The first-order valence-corrected chi connectivity index (χ1v) is 11.1. The van der Waals surface area contributed by atoms with Gasteiger partial charge in [0.1, 0.15) is 0 Å². The second kappa shape index (κ2) is 8.91. The number of anilines is 1. The maximum Gasteiger partial charge on any atom is 0.337 e. The van der Waals surface area contributed by atoms with Gasteiger partial charge in [-0.25, -0.2) is 17.5 Å². The number of nitrogens with zero attached hydrogens (tertiary/aromatic N) is 1. The van der Waals surface area contributed by atoms with E-state index in [0.29, 0.717) is 43.7 Å². The fourth-order valence-corrected chi connectivity index (χ4v) is 5.13. The predicted molar refractivity (Wildman–Crippen MR) is 106 cm³/mol. The minimum absolute atomic E-state index is 0.136. The topological polar surface area (TPSA) is 122 Å². The predicted octanol–water partition coefficient (Wildman–Crippen LogP) is 0.732. The smallest absolute Gasteiger partial charge is 0.337 e. The van der Waals surface area contributed by atoms with E-state index in [-0.39, 0.29) is 11.2 Å². The Hall–Kier alpha value is -2.46. The molecule has 0 bridgehead atoms. The van der Waals surface area contributed by atoms with Crippen LogP contribution in [0.2, 0.25) is 0 Å². The van der Waals surface area contributed by atoms with E-state index in [1.807, 2.05) is 0 Å². The van der Waals surface area contributed by atoms with E-state index in [1.54, 1.807) is 4.31 Å². The molecule has 0 aromatic heterocycles. The Labute approximate surface area is 169 Å². The van der Waals surface area contributed by atoms with E-state index in [2.05, 4.69) is 15.4 Å². The molecule has 2 N–H and O–H groups in total. The van der Waals surface area contributed by atoms with Crippen molar-refractivity contribution in [3.63, 3.8) is 0 Å². The summed E-state index contributed by atoms with van der Waals surface area (Å²) in [5.41, 5.74) is 0.724. The minimum atomic E-state index is -3.15. The molecule has 158 valence electrons. The van der Waals surface area contributed by atoms with Crippen LogP contribution in [0.25, 0.3) is 0 Å². The highest BCUT2D eigenvalue weighted by Crippen LogP contribution is 2.33. The van der Waals surface area contributed by atoms with Gasteiger partial charge in [-0.3, -0.25) is 9.59 Å². The van der Waals surface area contributed by atoms with Crippen molar-refractivity contribution in [2.24, 2.45) is 5.92 Å². The van der Waals surface area contributed by atoms with Crippen molar-refractivity contribution >= 4 is 33.5 Å². The Bertz CT molecular complexity index is 872. The third-order valence-corrected chi connectivity index (χ3v) is 7.60. The Morgan fingerprint density at radius 2 is 1.66 bits per heavy atom. The van der Waals surface area contributed by atoms with E-state index >= 15 is 0 Å². The second-order valence-electron chi connectivity index (χ2n) is 7.32. The summed E-state index contributed by atoms with van der Waals surface area (Å²) < 4.78 is 30.6. The third-order valence-electron chi connectivity index (χ3n) is 5.20. The van der Waals surface area contributed by atoms with Crippen LogP contribution in [0, 0.1) is 5.92 Å². The van der Waals surface area contributed by atoms with E-state index in [1.165, 1.54) is 31.4 Å². The summed E-state index contributed by atoms with van der Waals surface area (Å²) in [6.45, 7) is 1.24. The van der Waals surface area contributed by atoms with Crippen LogP contribution >= 0.6 is 0 Å². The highest BCUT2D eigenvalue weighted by Gasteiger charge is 2.41. The molecule has 0 unspecified atom stereocenters. The van der Waals surface area contributed by atoms with Crippen molar-refractivity contribution in [3.8, 4) is 0 Å². The van der Waals surface area contributed by atoms with Gasteiger partial charge in [0.05, 0.1) is 17.9 Å². The fraction of sp³-hybridized carbons (Fsp3) is 0.526. The monoisotopic (exact) mass is 423 g/mol. The normalized spacial score (nSPS) is 18.1. The number of carbonyl (C=O) groups is 3. The Kier molecular flexibility index (Phi) is 6.53. The zero-order chi connectivity index (χ0) is 21.0. The number of amides is 2. The molecule has 1 aromatic rings. The maximum atomic E-state index is 12.2. The van der Waals surface area contributed by atoms with E-state index in [0.717, 1.165) is 12.8 Å². The first-order valence-electron chi connectivity index (χ1n) is 9.57. The SMILES string of the molecule is COC(=O)c1ccc(NC(=O)C(=O)NCC2CCN(S(=O)(=O)C3CC3)CC2)cc1. The van der Waals surface area contributed by atoms with Crippen LogP contribution < -0.4 is 10.6 Å². The number of esters is 1. The lowest BCUT2D eigenvalue weighted by Crippen LogP contribution is -2.44. The lowest BCUT2D eigenvalue weighted by atomic mass is 9.98. The van der Waals surface area contributed by atoms with Gasteiger partial charge in [-0.05, 0) is 55.9 Å². The van der Waals surface area contributed by atoms with Gasteiger partial charge in [0.15, 0.2) is 0 Å². The van der Waals surface area contributed by atoms with Crippen molar-refractivity contribution in [3.05, 3.63) is 29.8 Å². The van der Waals surface area contributed by atoms with Crippen LogP contribution in [0.5, 0.6) is 0 Å². The quantitative estimate of drug-likeness (QED) is 0.514. The molecular weight excluding hydrogens is 398 g/mol. The number of carbonyl (C=O) groups excluding carboxylic acids is 3. The van der Waals surface area contributed by atoms with Crippen molar-refractivity contribution in [2.45, 2.75) is 30.9 Å². The summed E-state index contributed by atoms with van der Waals surface area (Å²) in [6.07, 6.45) is 2.81. The number of rotatable bonds is 6. The number of benzene rings is 1. The van der Waals surface area contributed by atoms with Gasteiger partial charge in [0.25, 0.3) is 0 Å². The molecule has 2 amide bonds. The summed E-state index contributed by atoms with van der Waals surface area (Å²) in [4.78, 5) is 35.4. The minimum Gasteiger partial charge on any atom is -0.465 e. The number of hydrogen-bond donors (Lipinski definition) is 2. The molecule has 1 aliphatic carbocycles. The number of nitrogens with one attached hydrogen (secondary N) is 2. The molecular formula is C19H25N3O6S. The summed E-state index contributed by atoms with van der Waals surface area (Å²) in [5, 5.41) is 4.87.